The average molecular weight is 209 g/mol. The molecule has 0 saturated heterocycles. The maximum absolute atomic E-state index is 13.2. The summed E-state index contributed by atoms with van der Waals surface area (Å²) in [6, 6.07) is 3.89. The van der Waals surface area contributed by atoms with Crippen LogP contribution in [0.2, 0.25) is 0 Å². The number of nitriles is 1. The number of nitrogens with zero attached hydrogens (tertiary/aromatic N) is 1. The van der Waals surface area contributed by atoms with Crippen LogP contribution >= 0.6 is 0 Å². The van der Waals surface area contributed by atoms with Crippen LogP contribution in [0, 0.1) is 17.1 Å². The molecule has 0 aliphatic carbocycles. The van der Waals surface area contributed by atoms with Crippen LogP contribution in [0.25, 0.3) is 0 Å². The van der Waals surface area contributed by atoms with E-state index in [0.29, 0.717) is 0 Å². The van der Waals surface area contributed by atoms with E-state index in [1.807, 2.05) is 6.07 Å². The second-order valence-corrected chi connectivity index (χ2v) is 2.78. The lowest BCUT2D eigenvalue weighted by molar-refractivity contribution is 0.0695. The molecule has 0 radical (unpaired) electrons. The summed E-state index contributed by atoms with van der Waals surface area (Å²) < 4.78 is 17.8. The number of hydrogen-bond acceptors (Lipinski definition) is 3. The number of ether oxygens (including phenoxy) is 1. The average Bonchev–Trinajstić information content (AvgIpc) is 2.20. The van der Waals surface area contributed by atoms with Crippen molar-refractivity contribution < 1.29 is 19.0 Å². The summed E-state index contributed by atoms with van der Waals surface area (Å²) in [5.74, 6) is -2.08. The first-order chi connectivity index (χ1) is 7.10. The fourth-order valence-electron chi connectivity index (χ4n) is 1.18. The third-order valence-electron chi connectivity index (χ3n) is 1.88. The largest absolute Gasteiger partial charge is 0.494 e. The van der Waals surface area contributed by atoms with Crippen LogP contribution in [0.15, 0.2) is 12.1 Å². The van der Waals surface area contributed by atoms with Crippen molar-refractivity contribution in [1.82, 2.24) is 0 Å². The molecule has 0 aliphatic rings. The molecule has 0 saturated carbocycles. The van der Waals surface area contributed by atoms with Crippen LogP contribution in [0.3, 0.4) is 0 Å². The molecule has 0 spiro atoms. The standard InChI is InChI=1S/C10H8FNO3/c1-15-9-4-6(2-3-12)7(10(13)14)5-8(9)11/h4-5H,2H2,1H3,(H,13,14). The van der Waals surface area contributed by atoms with Crippen LogP contribution < -0.4 is 4.74 Å². The molecule has 15 heavy (non-hydrogen) atoms. The lowest BCUT2D eigenvalue weighted by Crippen LogP contribution is -2.04. The molecule has 1 aromatic carbocycles. The van der Waals surface area contributed by atoms with Crippen molar-refractivity contribution in [2.75, 3.05) is 7.11 Å². The predicted octanol–water partition coefficient (Wildman–Crippen LogP) is 1.60. The molecule has 1 rings (SSSR count). The van der Waals surface area contributed by atoms with Gasteiger partial charge < -0.3 is 9.84 Å². The molecule has 0 atom stereocenters. The van der Waals surface area contributed by atoms with Crippen LogP contribution in [0.1, 0.15) is 15.9 Å². The van der Waals surface area contributed by atoms with E-state index in [2.05, 4.69) is 4.74 Å². The van der Waals surface area contributed by atoms with Gasteiger partial charge in [0.2, 0.25) is 0 Å². The molecule has 0 bridgehead atoms. The van der Waals surface area contributed by atoms with Crippen LogP contribution in [-0.2, 0) is 6.42 Å². The van der Waals surface area contributed by atoms with Gasteiger partial charge in [-0.15, -0.1) is 0 Å². The molecule has 5 heteroatoms. The molecule has 0 aromatic heterocycles. The van der Waals surface area contributed by atoms with E-state index in [4.69, 9.17) is 10.4 Å². The maximum Gasteiger partial charge on any atom is 0.336 e. The Hall–Kier alpha value is -2.09. The topological polar surface area (TPSA) is 70.3 Å². The molecule has 4 nitrogen and oxygen atoms in total. The number of carboxylic acids is 1. The second kappa shape index (κ2) is 4.42. The lowest BCUT2D eigenvalue weighted by Gasteiger charge is -2.06. The lowest BCUT2D eigenvalue weighted by atomic mass is 10.0. The van der Waals surface area contributed by atoms with Crippen LogP contribution in [-0.4, -0.2) is 18.2 Å². The Kier molecular flexibility index (Phi) is 3.24. The summed E-state index contributed by atoms with van der Waals surface area (Å²) in [6.07, 6.45) is -0.0989. The zero-order valence-corrected chi connectivity index (χ0v) is 7.95. The second-order valence-electron chi connectivity index (χ2n) is 2.78. The molecule has 0 amide bonds. The summed E-state index contributed by atoms with van der Waals surface area (Å²) in [6.45, 7) is 0. The third kappa shape index (κ3) is 2.23. The smallest absolute Gasteiger partial charge is 0.336 e. The molecule has 0 aliphatic heterocycles. The minimum atomic E-state index is -1.26. The van der Waals surface area contributed by atoms with E-state index in [9.17, 15) is 9.18 Å². The van der Waals surface area contributed by atoms with Gasteiger partial charge in [-0.25, -0.2) is 9.18 Å². The predicted molar refractivity (Wildman–Crippen MR) is 49.2 cm³/mol. The van der Waals surface area contributed by atoms with E-state index < -0.39 is 11.8 Å². The van der Waals surface area contributed by atoms with Crippen molar-refractivity contribution in [2.45, 2.75) is 6.42 Å². The number of halogens is 1. The van der Waals surface area contributed by atoms with Gasteiger partial charge in [0.1, 0.15) is 0 Å². The Balaban J connectivity index is 3.33. The number of rotatable bonds is 3. The highest BCUT2D eigenvalue weighted by atomic mass is 19.1. The van der Waals surface area contributed by atoms with Gasteiger partial charge >= 0.3 is 5.97 Å². The Labute approximate surface area is 85.5 Å². The number of carboxylic acid groups (broad SMARTS) is 1. The molecular formula is C10H8FNO3. The van der Waals surface area contributed by atoms with Crippen molar-refractivity contribution in [2.24, 2.45) is 0 Å². The Bertz CT molecular complexity index is 437. The molecule has 0 heterocycles. The van der Waals surface area contributed by atoms with E-state index >= 15 is 0 Å². The SMILES string of the molecule is COc1cc(CC#N)c(C(=O)O)cc1F. The van der Waals surface area contributed by atoms with Gasteiger partial charge in [-0.3, -0.25) is 0 Å². The summed E-state index contributed by atoms with van der Waals surface area (Å²) in [5.41, 5.74) is 0.0260. The van der Waals surface area contributed by atoms with Gasteiger partial charge in [0.15, 0.2) is 11.6 Å². The van der Waals surface area contributed by atoms with Crippen LogP contribution in [0.5, 0.6) is 5.75 Å². The van der Waals surface area contributed by atoms with Gasteiger partial charge in [0.25, 0.3) is 0 Å². The number of aromatic carboxylic acids is 1. The van der Waals surface area contributed by atoms with Gasteiger partial charge in [-0.2, -0.15) is 5.26 Å². The molecule has 0 unspecified atom stereocenters. The highest BCUT2D eigenvalue weighted by molar-refractivity contribution is 5.89. The van der Waals surface area contributed by atoms with Crippen molar-refractivity contribution in [3.63, 3.8) is 0 Å². The van der Waals surface area contributed by atoms with Gasteiger partial charge in [-0.05, 0) is 17.7 Å². The number of hydrogen-bond donors (Lipinski definition) is 1. The summed E-state index contributed by atoms with van der Waals surface area (Å²) in [5, 5.41) is 17.2. The normalized spacial score (nSPS) is 9.40. The number of methoxy groups -OCH3 is 1. The molecule has 78 valence electrons. The van der Waals surface area contributed by atoms with Gasteiger partial charge in [0.05, 0.1) is 25.2 Å². The quantitative estimate of drug-likeness (QED) is 0.820. The first-order valence-corrected chi connectivity index (χ1v) is 4.06. The van der Waals surface area contributed by atoms with Crippen molar-refractivity contribution in [3.8, 4) is 11.8 Å². The first-order valence-electron chi connectivity index (χ1n) is 4.06. The third-order valence-corrected chi connectivity index (χ3v) is 1.88. The first kappa shape index (κ1) is 11.0. The van der Waals surface area contributed by atoms with Gasteiger partial charge in [-0.1, -0.05) is 0 Å². The number of carbonyl (C=O) groups is 1. The van der Waals surface area contributed by atoms with Crippen LogP contribution in [0.4, 0.5) is 4.39 Å². The Morgan fingerprint density at radius 1 is 1.67 bits per heavy atom. The molecule has 1 N–H and O–H groups in total. The minimum Gasteiger partial charge on any atom is -0.494 e. The minimum absolute atomic E-state index is 0.0646. The fourth-order valence-corrected chi connectivity index (χ4v) is 1.18. The highest BCUT2D eigenvalue weighted by Gasteiger charge is 2.15. The highest BCUT2D eigenvalue weighted by Crippen LogP contribution is 2.22. The summed E-state index contributed by atoms with van der Waals surface area (Å²) in [4.78, 5) is 10.7. The number of benzene rings is 1. The van der Waals surface area contributed by atoms with Crippen molar-refractivity contribution >= 4 is 5.97 Å². The molecule has 0 fully saturated rings. The van der Waals surface area contributed by atoms with E-state index in [1.165, 1.54) is 13.2 Å². The fraction of sp³-hybridized carbons (Fsp3) is 0.200. The van der Waals surface area contributed by atoms with Crippen molar-refractivity contribution in [3.05, 3.63) is 29.1 Å². The van der Waals surface area contributed by atoms with E-state index in [0.717, 1.165) is 6.07 Å². The zero-order valence-electron chi connectivity index (χ0n) is 7.95. The van der Waals surface area contributed by atoms with E-state index in [-0.39, 0.29) is 23.3 Å². The Morgan fingerprint density at radius 3 is 2.80 bits per heavy atom. The maximum atomic E-state index is 13.2. The van der Waals surface area contributed by atoms with Crippen molar-refractivity contribution in [1.29, 1.82) is 5.26 Å². The Morgan fingerprint density at radius 2 is 2.33 bits per heavy atom. The summed E-state index contributed by atoms with van der Waals surface area (Å²) in [7, 11) is 1.27. The van der Waals surface area contributed by atoms with E-state index in [1.54, 1.807) is 0 Å². The molecule has 1 aromatic rings. The zero-order chi connectivity index (χ0) is 11.4. The monoisotopic (exact) mass is 209 g/mol. The van der Waals surface area contributed by atoms with Gasteiger partial charge in [0, 0.05) is 0 Å². The summed E-state index contributed by atoms with van der Waals surface area (Å²) >= 11 is 0. The molecular weight excluding hydrogens is 201 g/mol.